The largest absolute Gasteiger partial charge is 0.0718 e. The minimum atomic E-state index is -1.07. The second-order valence-electron chi connectivity index (χ2n) is 9.37. The molecule has 0 saturated carbocycles. The van der Waals surface area contributed by atoms with Gasteiger partial charge >= 0.3 is 0 Å². The summed E-state index contributed by atoms with van der Waals surface area (Å²) in [5.41, 5.74) is 0. The first kappa shape index (κ1) is 18.9. The second-order valence-corrected chi connectivity index (χ2v) is 50.8. The van der Waals surface area contributed by atoms with Crippen molar-refractivity contribution in [3.05, 3.63) is 0 Å². The average molecular weight is 319 g/mol. The van der Waals surface area contributed by atoms with Crippen LogP contribution in [0.3, 0.4) is 0 Å². The van der Waals surface area contributed by atoms with Crippen LogP contribution in [-0.2, 0) is 0 Å². The molecule has 0 N–H and O–H groups in total. The van der Waals surface area contributed by atoms with E-state index in [1.165, 1.54) is 6.42 Å². The van der Waals surface area contributed by atoms with E-state index in [1.54, 1.807) is 6.04 Å². The fraction of sp³-hybridized carbons (Fsp3) is 1.00. The minimum Gasteiger partial charge on any atom is -0.0718 e. The van der Waals surface area contributed by atoms with Gasteiger partial charge in [-0.2, -0.15) is 0 Å². The molecule has 0 aromatic rings. The van der Waals surface area contributed by atoms with Gasteiger partial charge < -0.3 is 0 Å². The zero-order valence-corrected chi connectivity index (χ0v) is 19.0. The van der Waals surface area contributed by atoms with Crippen molar-refractivity contribution in [3.63, 3.8) is 0 Å². The van der Waals surface area contributed by atoms with Crippen LogP contribution in [-0.4, -0.2) is 29.4 Å². The van der Waals surface area contributed by atoms with Crippen molar-refractivity contribution < 1.29 is 0 Å². The smallest absolute Gasteiger partial charge is 0.0376 e. The molecular weight excluding hydrogens is 280 g/mol. The molecule has 110 valence electrons. The molecule has 18 heavy (non-hydrogen) atoms. The third kappa shape index (κ3) is 3.49. The van der Waals surface area contributed by atoms with Crippen molar-refractivity contribution >= 4 is 29.4 Å². The molecule has 0 rings (SSSR count). The maximum absolute atomic E-state index is 2.71. The van der Waals surface area contributed by atoms with Crippen LogP contribution in [0, 0.1) is 5.92 Å². The SMILES string of the molecule is CCC(C)C[Si]([Si](C)(C)C)([Si](C)(C)C)[Si](C)(C)C. The van der Waals surface area contributed by atoms with Crippen LogP contribution in [0.2, 0.25) is 65.0 Å². The molecule has 0 aliphatic heterocycles. The fourth-order valence-electron chi connectivity index (χ4n) is 4.96. The zero-order valence-electron chi connectivity index (χ0n) is 15.0. The molecule has 0 bridgehead atoms. The van der Waals surface area contributed by atoms with E-state index in [0.29, 0.717) is 0 Å². The lowest BCUT2D eigenvalue weighted by Crippen LogP contribution is -2.82. The van der Waals surface area contributed by atoms with Gasteiger partial charge in [-0.3, -0.25) is 0 Å². The van der Waals surface area contributed by atoms with Gasteiger partial charge in [0.25, 0.3) is 0 Å². The monoisotopic (exact) mass is 318 g/mol. The standard InChI is InChI=1S/C14H38Si4/c1-12-14(2)13-18(15(3,4)5,16(6,7)8)17(9,10)11/h14H,12-13H2,1-11H3. The van der Waals surface area contributed by atoms with Gasteiger partial charge in [0, 0.05) is 29.4 Å². The summed E-state index contributed by atoms with van der Waals surface area (Å²) in [7, 11) is -3.07. The van der Waals surface area contributed by atoms with Crippen molar-refractivity contribution in [1.82, 2.24) is 0 Å². The van der Waals surface area contributed by atoms with E-state index in [0.717, 1.165) is 5.92 Å². The zero-order chi connectivity index (χ0) is 15.0. The van der Waals surface area contributed by atoms with Gasteiger partial charge in [-0.25, -0.2) is 0 Å². The van der Waals surface area contributed by atoms with Crippen LogP contribution in [0.4, 0.5) is 0 Å². The van der Waals surface area contributed by atoms with Crippen LogP contribution in [0.25, 0.3) is 0 Å². The van der Waals surface area contributed by atoms with Crippen LogP contribution in [0.5, 0.6) is 0 Å². The molecule has 0 aromatic heterocycles. The lowest BCUT2D eigenvalue weighted by atomic mass is 10.2. The van der Waals surface area contributed by atoms with Gasteiger partial charge in [0.2, 0.25) is 0 Å². The first-order valence-corrected chi connectivity index (χ1v) is 23.4. The summed E-state index contributed by atoms with van der Waals surface area (Å²) in [6.45, 7) is 28.2. The van der Waals surface area contributed by atoms with E-state index in [9.17, 15) is 0 Å². The molecule has 0 nitrogen and oxygen atoms in total. The highest BCUT2D eigenvalue weighted by Crippen LogP contribution is 2.42. The Balaban J connectivity index is 5.92. The Morgan fingerprint density at radius 1 is 0.667 bits per heavy atom. The van der Waals surface area contributed by atoms with Crippen molar-refractivity contribution in [1.29, 1.82) is 0 Å². The topological polar surface area (TPSA) is 0 Å². The average Bonchev–Trinajstić information content (AvgIpc) is 2.07. The molecule has 0 fully saturated rings. The predicted molar refractivity (Wildman–Crippen MR) is 100 cm³/mol. The molecule has 0 spiro atoms. The Labute approximate surface area is 120 Å². The molecule has 4 heteroatoms. The Hall–Kier alpha value is 0.868. The molecule has 0 heterocycles. The summed E-state index contributed by atoms with van der Waals surface area (Å²) in [5.74, 6) is 0.960. The number of rotatable bonds is 6. The molecular formula is C14H38Si4. The molecule has 0 saturated heterocycles. The van der Waals surface area contributed by atoms with Crippen molar-refractivity contribution in [3.8, 4) is 0 Å². The Bertz CT molecular complexity index is 229. The van der Waals surface area contributed by atoms with Gasteiger partial charge in [0.15, 0.2) is 0 Å². The van der Waals surface area contributed by atoms with E-state index in [4.69, 9.17) is 0 Å². The first-order valence-electron chi connectivity index (χ1n) is 7.70. The molecule has 1 unspecified atom stereocenters. The summed E-state index contributed by atoms with van der Waals surface area (Å²) >= 11 is 0. The Morgan fingerprint density at radius 3 is 1.11 bits per heavy atom. The van der Waals surface area contributed by atoms with E-state index in [1.807, 2.05) is 0 Å². The lowest BCUT2D eigenvalue weighted by molar-refractivity contribution is 0.621. The highest BCUT2D eigenvalue weighted by atomic mass is 29.9. The van der Waals surface area contributed by atoms with Crippen LogP contribution >= 0.6 is 0 Å². The summed E-state index contributed by atoms with van der Waals surface area (Å²) in [6.07, 6.45) is 1.38. The summed E-state index contributed by atoms with van der Waals surface area (Å²) in [4.78, 5) is 0. The molecule has 1 atom stereocenters. The maximum Gasteiger partial charge on any atom is 0.0376 e. The lowest BCUT2D eigenvalue weighted by Gasteiger charge is -2.58. The van der Waals surface area contributed by atoms with Crippen molar-refractivity contribution in [2.75, 3.05) is 0 Å². The summed E-state index contributed by atoms with van der Waals surface area (Å²) in [6, 6.07) is 1.64. The highest BCUT2D eigenvalue weighted by Gasteiger charge is 2.61. The van der Waals surface area contributed by atoms with Crippen molar-refractivity contribution in [2.24, 2.45) is 5.92 Å². The summed E-state index contributed by atoms with van der Waals surface area (Å²) in [5, 5.41) is 0. The third-order valence-corrected chi connectivity index (χ3v) is 79.6. The van der Waals surface area contributed by atoms with E-state index in [-0.39, 0.29) is 0 Å². The highest BCUT2D eigenvalue weighted by molar-refractivity contribution is 7.89. The van der Waals surface area contributed by atoms with Crippen LogP contribution < -0.4 is 0 Å². The van der Waals surface area contributed by atoms with E-state index in [2.05, 4.69) is 72.8 Å². The van der Waals surface area contributed by atoms with E-state index < -0.39 is 29.4 Å². The number of hydrogen-bond acceptors (Lipinski definition) is 0. The molecule has 0 radical (unpaired) electrons. The predicted octanol–water partition coefficient (Wildman–Crippen LogP) is 5.73. The van der Waals surface area contributed by atoms with E-state index >= 15 is 0 Å². The van der Waals surface area contributed by atoms with Crippen molar-refractivity contribution in [2.45, 2.75) is 85.2 Å². The first-order chi connectivity index (χ1) is 7.70. The second kappa shape index (κ2) is 5.70. The molecule has 0 amide bonds. The number of hydrogen-bond donors (Lipinski definition) is 0. The molecule has 0 aliphatic carbocycles. The summed E-state index contributed by atoms with van der Waals surface area (Å²) < 4.78 is 0. The van der Waals surface area contributed by atoms with Crippen LogP contribution in [0.1, 0.15) is 20.3 Å². The molecule has 0 aromatic carbocycles. The quantitative estimate of drug-likeness (QED) is 0.548. The molecule has 0 aliphatic rings. The van der Waals surface area contributed by atoms with Gasteiger partial charge in [-0.15, -0.1) is 0 Å². The fourth-order valence-corrected chi connectivity index (χ4v) is 105. The Kier molecular flexibility index (Phi) is 5.97. The maximum atomic E-state index is 2.71. The van der Waals surface area contributed by atoms with Gasteiger partial charge in [0.05, 0.1) is 0 Å². The normalized spacial score (nSPS) is 16.8. The van der Waals surface area contributed by atoms with Gasteiger partial charge in [0.1, 0.15) is 0 Å². The van der Waals surface area contributed by atoms with Gasteiger partial charge in [-0.1, -0.05) is 85.2 Å². The Morgan fingerprint density at radius 2 is 0.944 bits per heavy atom. The van der Waals surface area contributed by atoms with Gasteiger partial charge in [-0.05, 0) is 5.92 Å². The third-order valence-electron chi connectivity index (χ3n) is 5.19. The minimum absolute atomic E-state index is 0.960. The van der Waals surface area contributed by atoms with Crippen LogP contribution in [0.15, 0.2) is 0 Å².